The number of benzene rings is 1. The minimum Gasteiger partial charge on any atom is -0.343 e. The predicted octanol–water partition coefficient (Wildman–Crippen LogP) is 1.41. The van der Waals surface area contributed by atoms with Gasteiger partial charge in [-0.15, -0.1) is 0 Å². The van der Waals surface area contributed by atoms with Gasteiger partial charge in [0.15, 0.2) is 5.82 Å². The third kappa shape index (κ3) is 3.85. The van der Waals surface area contributed by atoms with Crippen LogP contribution in [0.5, 0.6) is 0 Å². The second-order valence-electron chi connectivity index (χ2n) is 4.29. The highest BCUT2D eigenvalue weighted by Crippen LogP contribution is 2.15. The lowest BCUT2D eigenvalue weighted by atomic mass is 10.1. The van der Waals surface area contributed by atoms with Gasteiger partial charge < -0.3 is 15.2 Å². The lowest BCUT2D eigenvalue weighted by Crippen LogP contribution is -2.24. The highest BCUT2D eigenvalue weighted by atomic mass is 19.1. The molecule has 0 unspecified atom stereocenters. The largest absolute Gasteiger partial charge is 0.343 e. The summed E-state index contributed by atoms with van der Waals surface area (Å²) in [6.07, 6.45) is 0. The summed E-state index contributed by atoms with van der Waals surface area (Å²) in [7, 11) is 0. The van der Waals surface area contributed by atoms with Crippen LogP contribution in [0.1, 0.15) is 29.0 Å². The van der Waals surface area contributed by atoms with E-state index in [4.69, 9.17) is 4.52 Å². The normalized spacial score (nSPS) is 10.2. The summed E-state index contributed by atoms with van der Waals surface area (Å²) >= 11 is 0. The van der Waals surface area contributed by atoms with Gasteiger partial charge in [-0.05, 0) is 25.1 Å². The number of nitrogens with one attached hydrogen (secondary N) is 2. The summed E-state index contributed by atoms with van der Waals surface area (Å²) in [4.78, 5) is 26.8. The fourth-order valence-corrected chi connectivity index (χ4v) is 1.64. The molecule has 0 radical (unpaired) electrons. The van der Waals surface area contributed by atoms with E-state index in [0.717, 1.165) is 6.07 Å². The summed E-state index contributed by atoms with van der Waals surface area (Å²) in [6.45, 7) is 2.95. The number of aromatic nitrogens is 2. The topological polar surface area (TPSA) is 97.1 Å². The zero-order valence-electron chi connectivity index (χ0n) is 11.4. The first-order valence-electron chi connectivity index (χ1n) is 6.10. The number of carbonyl (C=O) groups excluding carboxylic acids is 2. The Morgan fingerprint density at radius 3 is 2.76 bits per heavy atom. The average molecular weight is 292 g/mol. The van der Waals surface area contributed by atoms with E-state index in [1.807, 2.05) is 0 Å². The fourth-order valence-electron chi connectivity index (χ4n) is 1.64. The van der Waals surface area contributed by atoms with E-state index in [0.29, 0.717) is 11.5 Å². The molecule has 110 valence electrons. The molecule has 0 aliphatic rings. The van der Waals surface area contributed by atoms with Gasteiger partial charge in [0.25, 0.3) is 5.91 Å². The van der Waals surface area contributed by atoms with Crippen molar-refractivity contribution in [2.75, 3.05) is 5.32 Å². The Labute approximate surface area is 119 Å². The molecule has 8 heteroatoms. The molecule has 0 saturated carbocycles. The van der Waals surface area contributed by atoms with Gasteiger partial charge in [0, 0.05) is 12.6 Å². The van der Waals surface area contributed by atoms with E-state index < -0.39 is 11.7 Å². The number of hydrogen-bond donors (Lipinski definition) is 2. The molecule has 2 amide bonds. The number of nitrogens with zero attached hydrogens (tertiary/aromatic N) is 2. The monoisotopic (exact) mass is 292 g/mol. The fraction of sp³-hybridized carbons (Fsp3) is 0.231. The van der Waals surface area contributed by atoms with Crippen molar-refractivity contribution in [2.24, 2.45) is 0 Å². The quantitative estimate of drug-likeness (QED) is 0.888. The number of carbonyl (C=O) groups is 2. The Kier molecular flexibility index (Phi) is 4.27. The minimum atomic E-state index is -0.691. The van der Waals surface area contributed by atoms with E-state index in [9.17, 15) is 14.0 Å². The van der Waals surface area contributed by atoms with Gasteiger partial charge in [-0.1, -0.05) is 5.16 Å². The summed E-state index contributed by atoms with van der Waals surface area (Å²) in [5.41, 5.74) is 0.153. The van der Waals surface area contributed by atoms with Crippen LogP contribution in [0, 0.1) is 12.7 Å². The van der Waals surface area contributed by atoms with Crippen molar-refractivity contribution in [1.82, 2.24) is 15.5 Å². The van der Waals surface area contributed by atoms with E-state index >= 15 is 0 Å². The molecule has 0 aliphatic heterocycles. The number of aryl methyl sites for hydroxylation is 1. The molecule has 2 rings (SSSR count). The number of halogens is 1. The van der Waals surface area contributed by atoms with Gasteiger partial charge >= 0.3 is 0 Å². The maximum absolute atomic E-state index is 13.7. The smallest absolute Gasteiger partial charge is 0.254 e. The molecule has 0 aliphatic carbocycles. The van der Waals surface area contributed by atoms with Crippen molar-refractivity contribution in [2.45, 2.75) is 20.4 Å². The molecule has 0 bridgehead atoms. The highest BCUT2D eigenvalue weighted by Gasteiger charge is 2.14. The molecule has 2 N–H and O–H groups in total. The van der Waals surface area contributed by atoms with Gasteiger partial charge in [0.1, 0.15) is 5.82 Å². The van der Waals surface area contributed by atoms with Crippen molar-refractivity contribution in [3.63, 3.8) is 0 Å². The standard InChI is InChI=1S/C13H13FN4O3/c1-7-16-12(21-18-7)6-15-13(20)10-5-9(17-8(2)19)3-4-11(10)14/h3-5H,6H2,1-2H3,(H,15,20)(H,17,19). The summed E-state index contributed by atoms with van der Waals surface area (Å²) < 4.78 is 18.5. The molecule has 1 heterocycles. The molecule has 0 saturated heterocycles. The third-order valence-corrected chi connectivity index (χ3v) is 2.50. The van der Waals surface area contributed by atoms with Gasteiger partial charge in [-0.2, -0.15) is 4.98 Å². The maximum atomic E-state index is 13.7. The molecular formula is C13H13FN4O3. The molecule has 2 aromatic rings. The number of hydrogen-bond acceptors (Lipinski definition) is 5. The Balaban J connectivity index is 2.08. The number of anilines is 1. The van der Waals surface area contributed by atoms with Crippen LogP contribution in [0.4, 0.5) is 10.1 Å². The Bertz CT molecular complexity index is 684. The van der Waals surface area contributed by atoms with Crippen LogP contribution >= 0.6 is 0 Å². The highest BCUT2D eigenvalue weighted by molar-refractivity contribution is 5.96. The van der Waals surface area contributed by atoms with Crippen molar-refractivity contribution in [3.05, 3.63) is 41.3 Å². The van der Waals surface area contributed by atoms with Crippen LogP contribution in [0.2, 0.25) is 0 Å². The van der Waals surface area contributed by atoms with Crippen molar-refractivity contribution in [3.8, 4) is 0 Å². The molecule has 1 aromatic carbocycles. The first-order valence-corrected chi connectivity index (χ1v) is 6.10. The van der Waals surface area contributed by atoms with Gasteiger partial charge in [0.05, 0.1) is 12.1 Å². The summed E-state index contributed by atoms with van der Waals surface area (Å²) in [5.74, 6) is -0.981. The lowest BCUT2D eigenvalue weighted by molar-refractivity contribution is -0.114. The summed E-state index contributed by atoms with van der Waals surface area (Å²) in [6, 6.07) is 3.73. The van der Waals surface area contributed by atoms with Crippen molar-refractivity contribution >= 4 is 17.5 Å². The van der Waals surface area contributed by atoms with Crippen LogP contribution in [0.3, 0.4) is 0 Å². The first-order chi connectivity index (χ1) is 9.95. The Morgan fingerprint density at radius 2 is 2.14 bits per heavy atom. The van der Waals surface area contributed by atoms with Crippen LogP contribution in [0.25, 0.3) is 0 Å². The summed E-state index contributed by atoms with van der Waals surface area (Å²) in [5, 5.41) is 8.51. The Hall–Kier alpha value is -2.77. The second-order valence-corrected chi connectivity index (χ2v) is 4.29. The first kappa shape index (κ1) is 14.6. The van der Waals surface area contributed by atoms with E-state index in [2.05, 4.69) is 20.8 Å². The van der Waals surface area contributed by atoms with Crippen LogP contribution < -0.4 is 10.6 Å². The van der Waals surface area contributed by atoms with Crippen LogP contribution in [-0.2, 0) is 11.3 Å². The molecule has 7 nitrogen and oxygen atoms in total. The van der Waals surface area contributed by atoms with Crippen LogP contribution in [0.15, 0.2) is 22.7 Å². The van der Waals surface area contributed by atoms with E-state index in [-0.39, 0.29) is 23.9 Å². The molecular weight excluding hydrogens is 279 g/mol. The lowest BCUT2D eigenvalue weighted by Gasteiger charge is -2.07. The molecule has 21 heavy (non-hydrogen) atoms. The minimum absolute atomic E-state index is 0.0104. The van der Waals surface area contributed by atoms with Gasteiger partial charge in [-0.3, -0.25) is 9.59 Å². The number of amides is 2. The van der Waals surface area contributed by atoms with Crippen molar-refractivity contribution in [1.29, 1.82) is 0 Å². The molecule has 0 atom stereocenters. The Morgan fingerprint density at radius 1 is 1.38 bits per heavy atom. The van der Waals surface area contributed by atoms with Gasteiger partial charge in [0.2, 0.25) is 11.8 Å². The zero-order valence-corrected chi connectivity index (χ0v) is 11.4. The third-order valence-electron chi connectivity index (χ3n) is 2.50. The molecule has 0 spiro atoms. The number of rotatable bonds is 4. The predicted molar refractivity (Wildman–Crippen MR) is 70.9 cm³/mol. The van der Waals surface area contributed by atoms with E-state index in [1.54, 1.807) is 6.92 Å². The second kappa shape index (κ2) is 6.12. The molecule has 0 fully saturated rings. The van der Waals surface area contributed by atoms with Crippen molar-refractivity contribution < 1.29 is 18.5 Å². The van der Waals surface area contributed by atoms with E-state index in [1.165, 1.54) is 19.1 Å². The van der Waals surface area contributed by atoms with Gasteiger partial charge in [-0.25, -0.2) is 4.39 Å². The van der Waals surface area contributed by atoms with Crippen LogP contribution in [-0.4, -0.2) is 22.0 Å². The average Bonchev–Trinajstić information content (AvgIpc) is 2.83. The SMILES string of the molecule is CC(=O)Nc1ccc(F)c(C(=O)NCc2nc(C)no2)c1. The zero-order chi connectivity index (χ0) is 15.4. The molecule has 1 aromatic heterocycles. The maximum Gasteiger partial charge on any atom is 0.254 e.